The zero-order valence-corrected chi connectivity index (χ0v) is 17.3. The molecule has 12 heteroatoms. The first-order valence-electron chi connectivity index (χ1n) is 8.68. The van der Waals surface area contributed by atoms with E-state index in [1.165, 1.54) is 7.11 Å². The summed E-state index contributed by atoms with van der Waals surface area (Å²) in [7, 11) is -2.74. The summed E-state index contributed by atoms with van der Waals surface area (Å²) in [6.45, 7) is 4.21. The maximum absolute atomic E-state index is 12.7. The van der Waals surface area contributed by atoms with Gasteiger partial charge in [-0.1, -0.05) is 0 Å². The molecular weight excluding hydrogens is 410 g/mol. The van der Waals surface area contributed by atoms with E-state index in [2.05, 4.69) is 0 Å². The van der Waals surface area contributed by atoms with Crippen LogP contribution in [0.4, 0.5) is 0 Å². The van der Waals surface area contributed by atoms with Gasteiger partial charge in [0.1, 0.15) is 17.9 Å². The number of hydrogen-bond acceptors (Lipinski definition) is 9. The van der Waals surface area contributed by atoms with Gasteiger partial charge in [0.15, 0.2) is 21.3 Å². The Morgan fingerprint density at radius 1 is 1.21 bits per heavy atom. The SMILES string of the molecule is COC1C(=O)N2C(C(=O)OC(C)(C)C)=C(COC(=O)CCC(=O)O)CS(=O)(=O)C12. The van der Waals surface area contributed by atoms with Gasteiger partial charge in [0, 0.05) is 12.7 Å². The second-order valence-electron chi connectivity index (χ2n) is 7.57. The summed E-state index contributed by atoms with van der Waals surface area (Å²) in [5.41, 5.74) is -1.35. The third kappa shape index (κ3) is 4.93. The Kier molecular flexibility index (Phi) is 6.38. The lowest BCUT2D eigenvalue weighted by Crippen LogP contribution is -2.70. The highest BCUT2D eigenvalue weighted by Gasteiger charge is 2.61. The molecule has 0 radical (unpaired) electrons. The number of sulfone groups is 1. The van der Waals surface area contributed by atoms with Crippen molar-refractivity contribution < 1.29 is 46.9 Å². The maximum atomic E-state index is 12.7. The summed E-state index contributed by atoms with van der Waals surface area (Å²) in [6, 6.07) is 0. The van der Waals surface area contributed by atoms with Crippen LogP contribution in [0.3, 0.4) is 0 Å². The predicted molar refractivity (Wildman–Crippen MR) is 95.9 cm³/mol. The molecule has 162 valence electrons. The van der Waals surface area contributed by atoms with Crippen LogP contribution in [0.5, 0.6) is 0 Å². The number of carboxylic acids is 1. The van der Waals surface area contributed by atoms with Crippen molar-refractivity contribution in [3.8, 4) is 0 Å². The highest BCUT2D eigenvalue weighted by molar-refractivity contribution is 7.92. The van der Waals surface area contributed by atoms with Crippen molar-refractivity contribution in [2.45, 2.75) is 50.7 Å². The molecule has 1 amide bonds. The zero-order chi connectivity index (χ0) is 22.1. The second kappa shape index (κ2) is 8.11. The number of ether oxygens (including phenoxy) is 3. The number of aliphatic carboxylic acids is 1. The van der Waals surface area contributed by atoms with E-state index >= 15 is 0 Å². The minimum absolute atomic E-state index is 0.123. The third-order valence-electron chi connectivity index (χ3n) is 4.11. The van der Waals surface area contributed by atoms with Crippen molar-refractivity contribution in [3.63, 3.8) is 0 Å². The van der Waals surface area contributed by atoms with E-state index in [1.807, 2.05) is 0 Å². The monoisotopic (exact) mass is 433 g/mol. The molecule has 1 N–H and O–H groups in total. The highest BCUT2D eigenvalue weighted by atomic mass is 32.2. The molecule has 0 aliphatic carbocycles. The quantitative estimate of drug-likeness (QED) is 0.414. The molecule has 2 unspecified atom stereocenters. The largest absolute Gasteiger partial charge is 0.481 e. The number of carbonyl (C=O) groups is 4. The van der Waals surface area contributed by atoms with Crippen molar-refractivity contribution in [1.82, 2.24) is 4.90 Å². The molecule has 2 heterocycles. The number of carboxylic acid groups (broad SMARTS) is 1. The Morgan fingerprint density at radius 2 is 1.83 bits per heavy atom. The molecule has 1 fully saturated rings. The number of methoxy groups -OCH3 is 1. The lowest BCUT2D eigenvalue weighted by Gasteiger charge is -2.48. The fraction of sp³-hybridized carbons (Fsp3) is 0.647. The molecule has 2 aliphatic heterocycles. The lowest BCUT2D eigenvalue weighted by atomic mass is 10.0. The van der Waals surface area contributed by atoms with E-state index in [4.69, 9.17) is 19.3 Å². The van der Waals surface area contributed by atoms with E-state index in [1.54, 1.807) is 20.8 Å². The van der Waals surface area contributed by atoms with Crippen LogP contribution in [-0.4, -0.2) is 78.8 Å². The van der Waals surface area contributed by atoms with Gasteiger partial charge >= 0.3 is 17.9 Å². The van der Waals surface area contributed by atoms with Crippen molar-refractivity contribution in [3.05, 3.63) is 11.3 Å². The lowest BCUT2D eigenvalue weighted by molar-refractivity contribution is -0.167. The molecule has 29 heavy (non-hydrogen) atoms. The Balaban J connectivity index is 2.36. The molecule has 2 aliphatic rings. The van der Waals surface area contributed by atoms with E-state index in [-0.39, 0.29) is 11.3 Å². The standard InChI is InChI=1S/C17H23NO10S/c1-17(2,3)28-16(23)12-9(7-27-11(21)6-5-10(19)20)8-29(24,25)15-13(26-4)14(22)18(12)15/h13,15H,5-8H2,1-4H3,(H,19,20). The molecule has 0 aromatic rings. The second-order valence-corrected chi connectivity index (χ2v) is 9.67. The summed E-state index contributed by atoms with van der Waals surface area (Å²) < 4.78 is 40.4. The van der Waals surface area contributed by atoms with E-state index in [0.29, 0.717) is 0 Å². The van der Waals surface area contributed by atoms with Crippen molar-refractivity contribution in [1.29, 1.82) is 0 Å². The van der Waals surface area contributed by atoms with Crippen molar-refractivity contribution in [2.24, 2.45) is 0 Å². The Labute approximate surface area is 167 Å². The van der Waals surface area contributed by atoms with E-state index in [9.17, 15) is 27.6 Å². The molecule has 1 saturated heterocycles. The van der Waals surface area contributed by atoms with Gasteiger partial charge in [-0.3, -0.25) is 19.3 Å². The molecule has 0 aromatic carbocycles. The summed E-state index contributed by atoms with van der Waals surface area (Å²) in [6.07, 6.45) is -2.12. The first kappa shape index (κ1) is 22.8. The molecule has 0 spiro atoms. The van der Waals surface area contributed by atoms with Gasteiger partial charge in [-0.25, -0.2) is 13.2 Å². The summed E-state index contributed by atoms with van der Waals surface area (Å²) in [4.78, 5) is 48.1. The van der Waals surface area contributed by atoms with Gasteiger partial charge in [0.05, 0.1) is 18.6 Å². The van der Waals surface area contributed by atoms with Gasteiger partial charge in [0.25, 0.3) is 5.91 Å². The number of hydrogen-bond donors (Lipinski definition) is 1. The van der Waals surface area contributed by atoms with Gasteiger partial charge in [-0.2, -0.15) is 0 Å². The first-order valence-corrected chi connectivity index (χ1v) is 10.4. The van der Waals surface area contributed by atoms with Crippen LogP contribution in [0.15, 0.2) is 11.3 Å². The Hall–Kier alpha value is -2.47. The van der Waals surface area contributed by atoms with Gasteiger partial charge in [-0.15, -0.1) is 0 Å². The predicted octanol–water partition coefficient (Wildman–Crippen LogP) is -0.398. The highest BCUT2D eigenvalue weighted by Crippen LogP contribution is 2.38. The van der Waals surface area contributed by atoms with Gasteiger partial charge < -0.3 is 19.3 Å². The van der Waals surface area contributed by atoms with Crippen LogP contribution in [0.25, 0.3) is 0 Å². The topological polar surface area (TPSA) is 154 Å². The Bertz CT molecular complexity index is 867. The number of nitrogens with zero attached hydrogens (tertiary/aromatic N) is 1. The third-order valence-corrected chi connectivity index (χ3v) is 6.05. The smallest absolute Gasteiger partial charge is 0.355 e. The molecule has 0 aromatic heterocycles. The average molecular weight is 433 g/mol. The summed E-state index contributed by atoms with van der Waals surface area (Å²) in [5, 5.41) is 7.24. The fourth-order valence-corrected chi connectivity index (χ4v) is 4.95. The van der Waals surface area contributed by atoms with Crippen molar-refractivity contribution in [2.75, 3.05) is 19.5 Å². The summed E-state index contributed by atoms with van der Waals surface area (Å²) >= 11 is 0. The van der Waals surface area contributed by atoms with Crippen LogP contribution >= 0.6 is 0 Å². The maximum Gasteiger partial charge on any atom is 0.355 e. The molecule has 11 nitrogen and oxygen atoms in total. The molecule has 2 atom stereocenters. The Morgan fingerprint density at radius 3 is 2.34 bits per heavy atom. The number of carbonyl (C=O) groups excluding carboxylic acids is 3. The molecular formula is C17H23NO10S. The van der Waals surface area contributed by atoms with Crippen molar-refractivity contribution >= 4 is 33.7 Å². The number of β-lactam (4-membered cyclic amide) rings is 1. The molecule has 0 saturated carbocycles. The average Bonchev–Trinajstić information content (AvgIpc) is 2.56. The van der Waals surface area contributed by atoms with Crippen LogP contribution in [0.1, 0.15) is 33.6 Å². The van der Waals surface area contributed by atoms with Crippen LogP contribution in [0, 0.1) is 0 Å². The molecule has 2 rings (SSSR count). The minimum Gasteiger partial charge on any atom is -0.481 e. The normalized spacial score (nSPS) is 23.2. The van der Waals surface area contributed by atoms with E-state index < -0.39 is 75.9 Å². The summed E-state index contributed by atoms with van der Waals surface area (Å²) in [5.74, 6) is -4.38. The van der Waals surface area contributed by atoms with Crippen LogP contribution in [-0.2, 0) is 43.2 Å². The first-order chi connectivity index (χ1) is 13.3. The van der Waals surface area contributed by atoms with Crippen LogP contribution < -0.4 is 0 Å². The zero-order valence-electron chi connectivity index (χ0n) is 16.5. The minimum atomic E-state index is -3.92. The number of fused-ring (bicyclic) bond motifs is 1. The molecule has 0 bridgehead atoms. The number of amides is 1. The fourth-order valence-electron chi connectivity index (χ4n) is 2.94. The van der Waals surface area contributed by atoms with Gasteiger partial charge in [0.2, 0.25) is 0 Å². The number of rotatable bonds is 7. The van der Waals surface area contributed by atoms with Crippen LogP contribution in [0.2, 0.25) is 0 Å². The van der Waals surface area contributed by atoms with Gasteiger partial charge in [-0.05, 0) is 20.8 Å². The van der Waals surface area contributed by atoms with E-state index in [0.717, 1.165) is 4.90 Å². The number of esters is 2.